The van der Waals surface area contributed by atoms with E-state index in [4.69, 9.17) is 28.0 Å². The number of nitrogens with zero attached hydrogens (tertiary/aromatic N) is 1. The number of halogens is 6. The van der Waals surface area contributed by atoms with Crippen molar-refractivity contribution in [3.05, 3.63) is 68.4 Å². The summed E-state index contributed by atoms with van der Waals surface area (Å²) < 4.78 is 78.7. The normalized spacial score (nSPS) is 22.0. The highest BCUT2D eigenvalue weighted by Crippen LogP contribution is 2.50. The van der Waals surface area contributed by atoms with Crippen molar-refractivity contribution in [2.24, 2.45) is 5.16 Å². The van der Waals surface area contributed by atoms with Crippen molar-refractivity contribution in [3.8, 4) is 0 Å². The number of oxime groups is 1. The van der Waals surface area contributed by atoms with E-state index < -0.39 is 61.4 Å². The van der Waals surface area contributed by atoms with E-state index in [1.54, 1.807) is 6.92 Å². The standard InChI is InChI=1S/C21H16Cl2F4N2O4S/c1-10-4-11(2-3-14(10)19(30)28-13-8-34(31,32)9-13)17-7-20(33-29-17,21(25,26)27)12-5-15(22)18(24)16(23)6-12/h2-6,13H,7-9H2,1H3,(H,28,30)/t20-/m0/s1. The summed E-state index contributed by atoms with van der Waals surface area (Å²) in [6, 6.07) is 5.42. The fraction of sp³-hybridized carbons (Fsp3) is 0.333. The molecule has 2 aliphatic heterocycles. The van der Waals surface area contributed by atoms with Crippen molar-refractivity contribution in [2.75, 3.05) is 11.5 Å². The number of nitrogens with one attached hydrogen (secondary N) is 1. The van der Waals surface area contributed by atoms with Crippen molar-refractivity contribution in [2.45, 2.75) is 31.2 Å². The molecule has 1 N–H and O–H groups in total. The molecule has 1 amide bonds. The molecule has 1 atom stereocenters. The summed E-state index contributed by atoms with van der Waals surface area (Å²) in [6.45, 7) is 1.59. The Labute approximate surface area is 201 Å². The first-order valence-corrected chi connectivity index (χ1v) is 12.4. The van der Waals surface area contributed by atoms with Gasteiger partial charge in [-0.05, 0) is 42.3 Å². The summed E-state index contributed by atoms with van der Waals surface area (Å²) in [4.78, 5) is 17.4. The van der Waals surface area contributed by atoms with Gasteiger partial charge in [-0.3, -0.25) is 4.79 Å². The van der Waals surface area contributed by atoms with Crippen LogP contribution in [0.1, 0.15) is 33.5 Å². The molecule has 0 unspecified atom stereocenters. The second kappa shape index (κ2) is 8.39. The molecule has 1 fully saturated rings. The molecule has 0 saturated carbocycles. The molecule has 2 heterocycles. The quantitative estimate of drug-likeness (QED) is 0.457. The monoisotopic (exact) mass is 538 g/mol. The van der Waals surface area contributed by atoms with Gasteiger partial charge in [-0.2, -0.15) is 13.2 Å². The third-order valence-electron chi connectivity index (χ3n) is 5.69. The summed E-state index contributed by atoms with van der Waals surface area (Å²) in [6.07, 6.45) is -5.68. The van der Waals surface area contributed by atoms with Crippen LogP contribution in [0.5, 0.6) is 0 Å². The fourth-order valence-electron chi connectivity index (χ4n) is 3.86. The maximum Gasteiger partial charge on any atom is 0.435 e. The van der Waals surface area contributed by atoms with Crippen molar-refractivity contribution in [1.29, 1.82) is 0 Å². The summed E-state index contributed by atoms with van der Waals surface area (Å²) in [5.41, 5.74) is -2.51. The summed E-state index contributed by atoms with van der Waals surface area (Å²) in [5, 5.41) is 5.07. The predicted octanol–water partition coefficient (Wildman–Crippen LogP) is 4.55. The summed E-state index contributed by atoms with van der Waals surface area (Å²) in [5.74, 6) is -1.82. The van der Waals surface area contributed by atoms with E-state index in [9.17, 15) is 30.8 Å². The van der Waals surface area contributed by atoms with Gasteiger partial charge < -0.3 is 10.2 Å². The van der Waals surface area contributed by atoms with Crippen LogP contribution in [0.3, 0.4) is 0 Å². The maximum absolute atomic E-state index is 14.1. The molecular weight excluding hydrogens is 523 g/mol. The van der Waals surface area contributed by atoms with E-state index in [0.29, 0.717) is 5.56 Å². The number of benzene rings is 2. The number of carbonyl (C=O) groups is 1. The minimum Gasteiger partial charge on any atom is -0.374 e. The van der Waals surface area contributed by atoms with Gasteiger partial charge in [0.1, 0.15) is 0 Å². The van der Waals surface area contributed by atoms with Crippen molar-refractivity contribution in [1.82, 2.24) is 5.32 Å². The van der Waals surface area contributed by atoms with Crippen LogP contribution in [-0.4, -0.2) is 43.8 Å². The van der Waals surface area contributed by atoms with Crippen molar-refractivity contribution >= 4 is 44.7 Å². The van der Waals surface area contributed by atoms with Gasteiger partial charge in [0.15, 0.2) is 15.7 Å². The Balaban J connectivity index is 1.59. The Morgan fingerprint density at radius 1 is 1.18 bits per heavy atom. The zero-order valence-corrected chi connectivity index (χ0v) is 19.7. The lowest BCUT2D eigenvalue weighted by Crippen LogP contribution is -2.53. The number of aryl methyl sites for hydroxylation is 1. The van der Waals surface area contributed by atoms with E-state index in [0.717, 1.165) is 12.1 Å². The highest BCUT2D eigenvalue weighted by Gasteiger charge is 2.62. The molecule has 2 aromatic carbocycles. The smallest absolute Gasteiger partial charge is 0.374 e. The Morgan fingerprint density at radius 2 is 1.79 bits per heavy atom. The summed E-state index contributed by atoms with van der Waals surface area (Å²) in [7, 11) is -3.11. The van der Waals surface area contributed by atoms with Gasteiger partial charge in [0, 0.05) is 17.5 Å². The van der Waals surface area contributed by atoms with E-state index in [2.05, 4.69) is 10.5 Å². The molecule has 0 radical (unpaired) electrons. The number of carbonyl (C=O) groups excluding carboxylic acids is 1. The lowest BCUT2D eigenvalue weighted by Gasteiger charge is -2.29. The molecule has 0 aromatic heterocycles. The average molecular weight is 539 g/mol. The Kier molecular flexibility index (Phi) is 6.10. The van der Waals surface area contributed by atoms with E-state index in [1.165, 1.54) is 18.2 Å². The number of amides is 1. The molecule has 182 valence electrons. The van der Waals surface area contributed by atoms with Crippen LogP contribution in [0.2, 0.25) is 10.0 Å². The van der Waals surface area contributed by atoms with Crippen LogP contribution >= 0.6 is 23.2 Å². The number of rotatable bonds is 4. The largest absolute Gasteiger partial charge is 0.435 e. The van der Waals surface area contributed by atoms with Crippen LogP contribution in [0.25, 0.3) is 0 Å². The topological polar surface area (TPSA) is 84.8 Å². The van der Waals surface area contributed by atoms with Crippen LogP contribution in [0.15, 0.2) is 35.5 Å². The number of sulfone groups is 1. The molecule has 2 aromatic rings. The molecule has 0 spiro atoms. The van der Waals surface area contributed by atoms with Crippen LogP contribution < -0.4 is 5.32 Å². The second-order valence-corrected chi connectivity index (χ2v) is 11.1. The summed E-state index contributed by atoms with van der Waals surface area (Å²) >= 11 is 11.4. The van der Waals surface area contributed by atoms with Crippen LogP contribution in [0.4, 0.5) is 17.6 Å². The van der Waals surface area contributed by atoms with Gasteiger partial charge in [0.05, 0.1) is 33.3 Å². The number of hydrogen-bond acceptors (Lipinski definition) is 5. The van der Waals surface area contributed by atoms with Gasteiger partial charge in [-0.25, -0.2) is 12.8 Å². The molecular formula is C21H16Cl2F4N2O4S. The van der Waals surface area contributed by atoms with Crippen LogP contribution in [0, 0.1) is 12.7 Å². The molecule has 0 bridgehead atoms. The zero-order valence-electron chi connectivity index (χ0n) is 17.3. The van der Waals surface area contributed by atoms with Crippen LogP contribution in [-0.2, 0) is 20.3 Å². The van der Waals surface area contributed by atoms with Gasteiger partial charge in [-0.15, -0.1) is 0 Å². The molecule has 1 saturated heterocycles. The molecule has 2 aliphatic rings. The van der Waals surface area contributed by atoms with E-state index in [-0.39, 0.29) is 28.3 Å². The fourth-order valence-corrected chi connectivity index (χ4v) is 5.64. The maximum atomic E-state index is 14.1. The average Bonchev–Trinajstić information content (AvgIpc) is 3.17. The number of hydrogen-bond donors (Lipinski definition) is 1. The number of alkyl halides is 3. The Morgan fingerprint density at radius 3 is 2.32 bits per heavy atom. The lowest BCUT2D eigenvalue weighted by atomic mass is 9.86. The minimum absolute atomic E-state index is 0.0472. The second-order valence-electron chi connectivity index (χ2n) is 8.16. The third-order valence-corrected chi connectivity index (χ3v) is 8.06. The molecule has 6 nitrogen and oxygen atoms in total. The Bertz CT molecular complexity index is 1300. The van der Waals surface area contributed by atoms with Gasteiger partial charge in [0.2, 0.25) is 0 Å². The van der Waals surface area contributed by atoms with E-state index in [1.807, 2.05) is 0 Å². The molecule has 0 aliphatic carbocycles. The lowest BCUT2D eigenvalue weighted by molar-refractivity contribution is -0.275. The highest BCUT2D eigenvalue weighted by molar-refractivity contribution is 7.92. The van der Waals surface area contributed by atoms with Crippen molar-refractivity contribution in [3.63, 3.8) is 0 Å². The first-order valence-electron chi connectivity index (χ1n) is 9.81. The highest BCUT2D eigenvalue weighted by atomic mass is 35.5. The van der Waals surface area contributed by atoms with Gasteiger partial charge in [-0.1, -0.05) is 34.4 Å². The first kappa shape index (κ1) is 24.7. The first-order chi connectivity index (χ1) is 15.7. The third kappa shape index (κ3) is 4.36. The van der Waals surface area contributed by atoms with Gasteiger partial charge in [0.25, 0.3) is 11.5 Å². The SMILES string of the molecule is Cc1cc(C2=NO[C@@](c3cc(Cl)c(F)c(Cl)c3)(C(F)(F)F)C2)ccc1C(=O)NC1CS(=O)(=O)C1. The molecule has 34 heavy (non-hydrogen) atoms. The van der Waals surface area contributed by atoms with E-state index >= 15 is 0 Å². The van der Waals surface area contributed by atoms with Gasteiger partial charge >= 0.3 is 6.18 Å². The molecule has 4 rings (SSSR count). The Hall–Kier alpha value is -2.37. The zero-order chi connectivity index (χ0) is 25.1. The minimum atomic E-state index is -4.94. The van der Waals surface area contributed by atoms with Crippen molar-refractivity contribution < 1.29 is 35.6 Å². The molecule has 13 heteroatoms. The predicted molar refractivity (Wildman–Crippen MR) is 117 cm³/mol.